The molecule has 2 aromatic rings. The number of nitrogens with one attached hydrogen (secondary N) is 3. The molecule has 0 aliphatic carbocycles. The third kappa shape index (κ3) is 4.94. The molecule has 0 fully saturated rings. The average molecular weight is 378 g/mol. The summed E-state index contributed by atoms with van der Waals surface area (Å²) in [5.41, 5.74) is 9.31. The molecule has 1 aliphatic rings. The zero-order chi connectivity index (χ0) is 20.1. The standard InChI is InChI=1S/C20H22N6O2/c1-12-8-9-13(2)15(10-12)23-17(27)11-16-18(28)25-20(24-16)26-19(21)22-14-6-4-3-5-7-14/h3-10,16H,11H2,1-2H3,(H,23,27)(H4,21,22,24,25,26,28)/t16-/m0/s1. The van der Waals surface area contributed by atoms with E-state index in [2.05, 4.69) is 25.9 Å². The summed E-state index contributed by atoms with van der Waals surface area (Å²) in [5.74, 6) is -0.512. The van der Waals surface area contributed by atoms with Gasteiger partial charge in [-0.2, -0.15) is 4.99 Å². The molecule has 0 spiro atoms. The van der Waals surface area contributed by atoms with Crippen LogP contribution in [0.1, 0.15) is 17.5 Å². The summed E-state index contributed by atoms with van der Waals surface area (Å²) in [4.78, 5) is 32.6. The van der Waals surface area contributed by atoms with Crippen LogP contribution in [0.5, 0.6) is 0 Å². The zero-order valence-electron chi connectivity index (χ0n) is 15.7. The summed E-state index contributed by atoms with van der Waals surface area (Å²) in [7, 11) is 0. The van der Waals surface area contributed by atoms with E-state index in [-0.39, 0.29) is 30.2 Å². The Morgan fingerprint density at radius 1 is 1.18 bits per heavy atom. The summed E-state index contributed by atoms with van der Waals surface area (Å²) in [6.07, 6.45) is -0.0791. The smallest absolute Gasteiger partial charge is 0.252 e. The van der Waals surface area contributed by atoms with E-state index in [1.807, 2.05) is 62.4 Å². The number of nitrogens with zero attached hydrogens (tertiary/aromatic N) is 2. The monoisotopic (exact) mass is 378 g/mol. The number of para-hydroxylation sites is 1. The molecule has 1 aliphatic heterocycles. The molecule has 0 radical (unpaired) electrons. The minimum absolute atomic E-state index is 0.0791. The molecule has 8 heteroatoms. The summed E-state index contributed by atoms with van der Waals surface area (Å²) in [6.45, 7) is 3.85. The Labute approximate surface area is 163 Å². The van der Waals surface area contributed by atoms with Crippen LogP contribution >= 0.6 is 0 Å². The van der Waals surface area contributed by atoms with E-state index in [9.17, 15) is 9.59 Å². The van der Waals surface area contributed by atoms with Crippen molar-refractivity contribution in [1.29, 1.82) is 0 Å². The number of carbonyl (C=O) groups is 2. The molecule has 144 valence electrons. The number of benzene rings is 2. The summed E-state index contributed by atoms with van der Waals surface area (Å²) >= 11 is 0. The highest BCUT2D eigenvalue weighted by Crippen LogP contribution is 2.17. The normalized spacial score (nSPS) is 16.4. The van der Waals surface area contributed by atoms with E-state index in [4.69, 9.17) is 5.73 Å². The van der Waals surface area contributed by atoms with Crippen molar-refractivity contribution in [3.05, 3.63) is 59.7 Å². The van der Waals surface area contributed by atoms with Crippen molar-refractivity contribution in [2.24, 2.45) is 15.7 Å². The maximum absolute atomic E-state index is 12.3. The third-order valence-electron chi connectivity index (χ3n) is 4.13. The Hall–Kier alpha value is -3.68. The molecule has 0 unspecified atom stereocenters. The Morgan fingerprint density at radius 2 is 1.93 bits per heavy atom. The molecule has 5 N–H and O–H groups in total. The Bertz CT molecular complexity index is 952. The minimum atomic E-state index is -0.839. The number of anilines is 2. The van der Waals surface area contributed by atoms with Gasteiger partial charge in [0.2, 0.25) is 17.8 Å². The van der Waals surface area contributed by atoms with E-state index in [0.29, 0.717) is 0 Å². The summed E-state index contributed by atoms with van der Waals surface area (Å²) in [6, 6.07) is 14.2. The lowest BCUT2D eigenvalue weighted by Crippen LogP contribution is -2.32. The van der Waals surface area contributed by atoms with Crippen LogP contribution in [0.25, 0.3) is 0 Å². The molecule has 0 aromatic heterocycles. The molecule has 8 nitrogen and oxygen atoms in total. The van der Waals surface area contributed by atoms with Crippen LogP contribution in [-0.4, -0.2) is 29.8 Å². The van der Waals surface area contributed by atoms with Crippen molar-refractivity contribution in [1.82, 2.24) is 5.32 Å². The van der Waals surface area contributed by atoms with Crippen LogP contribution in [0.2, 0.25) is 0 Å². The number of nitrogens with two attached hydrogens (primary N) is 1. The SMILES string of the molecule is Cc1ccc(C)c(NC(=O)C[C@@H]2N=C(N=C(N)Nc3ccccc3)NC2=O)c1. The van der Waals surface area contributed by atoms with Gasteiger partial charge in [0.15, 0.2) is 0 Å². The maximum Gasteiger partial charge on any atom is 0.252 e. The second-order valence-electron chi connectivity index (χ2n) is 6.52. The van der Waals surface area contributed by atoms with Crippen molar-refractivity contribution in [2.45, 2.75) is 26.3 Å². The van der Waals surface area contributed by atoms with Crippen molar-refractivity contribution in [2.75, 3.05) is 10.6 Å². The molecule has 1 heterocycles. The third-order valence-corrected chi connectivity index (χ3v) is 4.13. The number of aliphatic imine (C=N–C) groups is 2. The first-order valence-corrected chi connectivity index (χ1v) is 8.83. The highest BCUT2D eigenvalue weighted by atomic mass is 16.2. The van der Waals surface area contributed by atoms with Gasteiger partial charge in [0, 0.05) is 11.4 Å². The molecule has 0 saturated carbocycles. The van der Waals surface area contributed by atoms with Crippen molar-refractivity contribution >= 4 is 35.1 Å². The molecular formula is C20H22N6O2. The van der Waals surface area contributed by atoms with Crippen LogP contribution in [0.4, 0.5) is 11.4 Å². The van der Waals surface area contributed by atoms with Crippen LogP contribution in [0.15, 0.2) is 58.5 Å². The second kappa shape index (κ2) is 8.34. The number of carbonyl (C=O) groups excluding carboxylic acids is 2. The molecule has 3 rings (SSSR count). The molecule has 2 amide bonds. The molecular weight excluding hydrogens is 356 g/mol. The number of aryl methyl sites for hydroxylation is 2. The first kappa shape index (κ1) is 19.1. The molecule has 28 heavy (non-hydrogen) atoms. The number of rotatable bonds is 4. The van der Waals surface area contributed by atoms with Gasteiger partial charge in [0.1, 0.15) is 6.04 Å². The predicted octanol–water partition coefficient (Wildman–Crippen LogP) is 1.91. The van der Waals surface area contributed by atoms with E-state index < -0.39 is 6.04 Å². The van der Waals surface area contributed by atoms with Gasteiger partial charge in [0.05, 0.1) is 6.42 Å². The second-order valence-corrected chi connectivity index (χ2v) is 6.52. The lowest BCUT2D eigenvalue weighted by molar-refractivity contribution is -0.123. The average Bonchev–Trinajstić information content (AvgIpc) is 2.97. The van der Waals surface area contributed by atoms with E-state index >= 15 is 0 Å². The first-order valence-electron chi connectivity index (χ1n) is 8.83. The van der Waals surface area contributed by atoms with Gasteiger partial charge >= 0.3 is 0 Å². The number of hydrogen-bond acceptors (Lipinski definition) is 4. The van der Waals surface area contributed by atoms with E-state index in [0.717, 1.165) is 22.5 Å². The van der Waals surface area contributed by atoms with Crippen LogP contribution in [0.3, 0.4) is 0 Å². The van der Waals surface area contributed by atoms with Gasteiger partial charge < -0.3 is 16.4 Å². The highest BCUT2D eigenvalue weighted by Gasteiger charge is 2.28. The van der Waals surface area contributed by atoms with Crippen LogP contribution in [-0.2, 0) is 9.59 Å². The Morgan fingerprint density at radius 3 is 2.68 bits per heavy atom. The fourth-order valence-corrected chi connectivity index (χ4v) is 2.69. The Kier molecular flexibility index (Phi) is 5.69. The quantitative estimate of drug-likeness (QED) is 0.480. The van der Waals surface area contributed by atoms with Crippen molar-refractivity contribution in [3.63, 3.8) is 0 Å². The molecule has 1 atom stereocenters. The van der Waals surface area contributed by atoms with Gasteiger partial charge in [0.25, 0.3) is 5.91 Å². The van der Waals surface area contributed by atoms with Gasteiger partial charge in [-0.25, -0.2) is 4.99 Å². The van der Waals surface area contributed by atoms with Gasteiger partial charge in [-0.3, -0.25) is 14.9 Å². The van der Waals surface area contributed by atoms with Gasteiger partial charge in [-0.05, 0) is 43.2 Å². The van der Waals surface area contributed by atoms with Crippen LogP contribution in [0, 0.1) is 13.8 Å². The zero-order valence-corrected chi connectivity index (χ0v) is 15.7. The molecule has 0 saturated heterocycles. The highest BCUT2D eigenvalue weighted by molar-refractivity contribution is 6.11. The summed E-state index contributed by atoms with van der Waals surface area (Å²) < 4.78 is 0. The molecule has 0 bridgehead atoms. The van der Waals surface area contributed by atoms with Gasteiger partial charge in [-0.1, -0.05) is 30.3 Å². The fraction of sp³-hybridized carbons (Fsp3) is 0.200. The largest absolute Gasteiger partial charge is 0.369 e. The number of guanidine groups is 2. The van der Waals surface area contributed by atoms with Crippen LogP contribution < -0.4 is 21.7 Å². The Balaban J connectivity index is 1.62. The maximum atomic E-state index is 12.3. The van der Waals surface area contributed by atoms with E-state index in [1.54, 1.807) is 0 Å². The predicted molar refractivity (Wildman–Crippen MR) is 110 cm³/mol. The first-order chi connectivity index (χ1) is 13.4. The van der Waals surface area contributed by atoms with E-state index in [1.165, 1.54) is 0 Å². The summed E-state index contributed by atoms with van der Waals surface area (Å²) in [5, 5.41) is 8.26. The molecule has 2 aromatic carbocycles. The van der Waals surface area contributed by atoms with Gasteiger partial charge in [-0.15, -0.1) is 0 Å². The topological polar surface area (TPSA) is 121 Å². The fourth-order valence-electron chi connectivity index (χ4n) is 2.69. The van der Waals surface area contributed by atoms with Crippen molar-refractivity contribution in [3.8, 4) is 0 Å². The lowest BCUT2D eigenvalue weighted by Gasteiger charge is -2.10. The number of hydrogen-bond donors (Lipinski definition) is 4. The lowest BCUT2D eigenvalue weighted by atomic mass is 10.1. The number of amides is 2. The minimum Gasteiger partial charge on any atom is -0.369 e. The van der Waals surface area contributed by atoms with Crippen molar-refractivity contribution < 1.29 is 9.59 Å².